The third-order valence-electron chi connectivity index (χ3n) is 4.96. The predicted octanol–water partition coefficient (Wildman–Crippen LogP) is 2.14. The number of hydrogen-bond donors (Lipinski definition) is 1. The molecule has 25 heavy (non-hydrogen) atoms. The molecule has 1 aliphatic heterocycles. The number of imide groups is 1. The van der Waals surface area contributed by atoms with Crippen LogP contribution in [0.5, 0.6) is 11.5 Å². The highest BCUT2D eigenvalue weighted by Gasteiger charge is 2.51. The molecule has 2 aliphatic rings. The van der Waals surface area contributed by atoms with Gasteiger partial charge in [-0.1, -0.05) is 19.3 Å². The van der Waals surface area contributed by atoms with E-state index in [1.807, 2.05) is 0 Å². The summed E-state index contributed by atoms with van der Waals surface area (Å²) in [4.78, 5) is 38.8. The number of Topliss-reactive ketones (excluding diaryl/α,β-unsaturated/α-hetero) is 1. The van der Waals surface area contributed by atoms with Crippen molar-refractivity contribution in [3.05, 3.63) is 23.8 Å². The molecular weight excluding hydrogens is 324 g/mol. The molecule has 1 aromatic rings. The van der Waals surface area contributed by atoms with Gasteiger partial charge in [-0.25, -0.2) is 4.79 Å². The maximum Gasteiger partial charge on any atom is 0.325 e. The van der Waals surface area contributed by atoms with Crippen molar-refractivity contribution in [2.75, 3.05) is 20.8 Å². The normalized spacial score (nSPS) is 19.0. The third-order valence-corrected chi connectivity index (χ3v) is 4.96. The van der Waals surface area contributed by atoms with E-state index in [4.69, 9.17) is 9.47 Å². The number of amides is 3. The van der Waals surface area contributed by atoms with E-state index in [0.29, 0.717) is 24.3 Å². The molecule has 3 rings (SSSR count). The minimum Gasteiger partial charge on any atom is -0.497 e. The van der Waals surface area contributed by atoms with Gasteiger partial charge >= 0.3 is 6.03 Å². The van der Waals surface area contributed by atoms with Crippen molar-refractivity contribution in [2.45, 2.75) is 37.6 Å². The lowest BCUT2D eigenvalue weighted by Gasteiger charge is -2.30. The molecule has 0 unspecified atom stereocenters. The first-order chi connectivity index (χ1) is 12.0. The van der Waals surface area contributed by atoms with Gasteiger partial charge in [-0.05, 0) is 31.0 Å². The molecular formula is C18H22N2O5. The fourth-order valence-electron chi connectivity index (χ4n) is 3.57. The molecule has 1 saturated heterocycles. The number of carbonyl (C=O) groups is 3. The van der Waals surface area contributed by atoms with E-state index in [1.54, 1.807) is 18.2 Å². The Morgan fingerprint density at radius 1 is 1.16 bits per heavy atom. The summed E-state index contributed by atoms with van der Waals surface area (Å²) in [5.74, 6) is 0.217. The van der Waals surface area contributed by atoms with Crippen LogP contribution in [0.15, 0.2) is 18.2 Å². The fraction of sp³-hybridized carbons (Fsp3) is 0.500. The topological polar surface area (TPSA) is 84.9 Å². The lowest BCUT2D eigenvalue weighted by atomic mass is 9.82. The molecule has 3 amide bonds. The Kier molecular flexibility index (Phi) is 4.65. The number of carbonyl (C=O) groups excluding carboxylic acids is 3. The fourth-order valence-corrected chi connectivity index (χ4v) is 3.57. The minimum atomic E-state index is -0.825. The second-order valence-electron chi connectivity index (χ2n) is 6.45. The average Bonchev–Trinajstić information content (AvgIpc) is 2.85. The van der Waals surface area contributed by atoms with Crippen LogP contribution in [0.1, 0.15) is 42.5 Å². The number of ether oxygens (including phenoxy) is 2. The van der Waals surface area contributed by atoms with E-state index < -0.39 is 11.6 Å². The van der Waals surface area contributed by atoms with Gasteiger partial charge in [0, 0.05) is 0 Å². The summed E-state index contributed by atoms with van der Waals surface area (Å²) in [5.41, 5.74) is -0.541. The lowest BCUT2D eigenvalue weighted by Crippen LogP contribution is -2.48. The summed E-state index contributed by atoms with van der Waals surface area (Å²) in [7, 11) is 2.96. The summed E-state index contributed by atoms with van der Waals surface area (Å²) in [5, 5.41) is 2.81. The molecule has 134 valence electrons. The Morgan fingerprint density at radius 2 is 1.88 bits per heavy atom. The first-order valence-corrected chi connectivity index (χ1v) is 8.40. The van der Waals surface area contributed by atoms with Crippen LogP contribution in [-0.4, -0.2) is 48.9 Å². The summed E-state index contributed by atoms with van der Waals surface area (Å²) in [6, 6.07) is 4.36. The van der Waals surface area contributed by atoms with E-state index in [-0.39, 0.29) is 23.8 Å². The maximum absolute atomic E-state index is 12.8. The molecule has 1 N–H and O–H groups in total. The van der Waals surface area contributed by atoms with Crippen molar-refractivity contribution in [1.82, 2.24) is 10.2 Å². The molecule has 1 heterocycles. The van der Waals surface area contributed by atoms with Crippen molar-refractivity contribution < 1.29 is 23.9 Å². The number of nitrogens with one attached hydrogen (secondary N) is 1. The molecule has 2 fully saturated rings. The Bertz CT molecular complexity index is 709. The number of hydrogen-bond acceptors (Lipinski definition) is 5. The van der Waals surface area contributed by atoms with Crippen LogP contribution < -0.4 is 14.8 Å². The van der Waals surface area contributed by atoms with E-state index in [2.05, 4.69) is 5.32 Å². The largest absolute Gasteiger partial charge is 0.497 e. The highest BCUT2D eigenvalue weighted by molar-refractivity contribution is 6.11. The van der Waals surface area contributed by atoms with E-state index in [1.165, 1.54) is 14.2 Å². The van der Waals surface area contributed by atoms with Crippen LogP contribution in [0.2, 0.25) is 0 Å². The van der Waals surface area contributed by atoms with E-state index in [9.17, 15) is 14.4 Å². The van der Waals surface area contributed by atoms with Crippen molar-refractivity contribution in [3.8, 4) is 11.5 Å². The van der Waals surface area contributed by atoms with Gasteiger partial charge in [-0.15, -0.1) is 0 Å². The second-order valence-corrected chi connectivity index (χ2v) is 6.45. The summed E-state index contributed by atoms with van der Waals surface area (Å²) in [6.07, 6.45) is 4.12. The molecule has 7 nitrogen and oxygen atoms in total. The molecule has 0 atom stereocenters. The molecule has 0 bridgehead atoms. The summed E-state index contributed by atoms with van der Waals surface area (Å²) >= 11 is 0. The number of nitrogens with zero attached hydrogens (tertiary/aromatic N) is 1. The molecule has 1 aliphatic carbocycles. The van der Waals surface area contributed by atoms with Crippen molar-refractivity contribution in [2.24, 2.45) is 0 Å². The van der Waals surface area contributed by atoms with Crippen molar-refractivity contribution in [1.29, 1.82) is 0 Å². The number of urea groups is 1. The Balaban J connectivity index is 1.81. The summed E-state index contributed by atoms with van der Waals surface area (Å²) in [6.45, 7) is -0.310. The van der Waals surface area contributed by atoms with E-state index >= 15 is 0 Å². The average molecular weight is 346 g/mol. The number of methoxy groups -OCH3 is 2. The zero-order valence-corrected chi connectivity index (χ0v) is 14.5. The predicted molar refractivity (Wildman–Crippen MR) is 89.9 cm³/mol. The smallest absolute Gasteiger partial charge is 0.325 e. The number of rotatable bonds is 5. The highest BCUT2D eigenvalue weighted by atomic mass is 16.5. The molecule has 1 aromatic carbocycles. The highest BCUT2D eigenvalue weighted by Crippen LogP contribution is 2.34. The molecule has 1 spiro atoms. The quantitative estimate of drug-likeness (QED) is 0.652. The van der Waals surface area contributed by atoms with Crippen molar-refractivity contribution >= 4 is 17.7 Å². The van der Waals surface area contributed by atoms with Gasteiger partial charge in [0.25, 0.3) is 5.91 Å². The van der Waals surface area contributed by atoms with Gasteiger partial charge < -0.3 is 14.8 Å². The van der Waals surface area contributed by atoms with Crippen LogP contribution in [0.4, 0.5) is 4.79 Å². The van der Waals surface area contributed by atoms with Gasteiger partial charge in [0.2, 0.25) is 0 Å². The van der Waals surface area contributed by atoms with Gasteiger partial charge in [-0.2, -0.15) is 0 Å². The van der Waals surface area contributed by atoms with Crippen LogP contribution in [0.3, 0.4) is 0 Å². The first-order valence-electron chi connectivity index (χ1n) is 8.40. The second kappa shape index (κ2) is 6.74. The third kappa shape index (κ3) is 3.06. The van der Waals surface area contributed by atoms with Gasteiger partial charge in [0.05, 0.1) is 26.3 Å². The van der Waals surface area contributed by atoms with Gasteiger partial charge in [0.15, 0.2) is 5.78 Å². The Labute approximate surface area is 146 Å². The Morgan fingerprint density at radius 3 is 2.52 bits per heavy atom. The number of benzene rings is 1. The zero-order valence-electron chi connectivity index (χ0n) is 14.5. The molecule has 0 aromatic heterocycles. The maximum atomic E-state index is 12.8. The van der Waals surface area contributed by atoms with Crippen LogP contribution >= 0.6 is 0 Å². The number of ketones is 1. The zero-order chi connectivity index (χ0) is 18.0. The molecule has 0 radical (unpaired) electrons. The molecule has 1 saturated carbocycles. The standard InChI is InChI=1S/C18H22N2O5/c1-24-12-6-7-15(25-2)13(10-12)14(21)11-20-16(22)18(19-17(20)23)8-4-3-5-9-18/h6-7,10H,3-5,8-9,11H2,1-2H3,(H,19,23). The monoisotopic (exact) mass is 346 g/mol. The van der Waals surface area contributed by atoms with Crippen LogP contribution in [-0.2, 0) is 4.79 Å². The summed E-state index contributed by atoms with van der Waals surface area (Å²) < 4.78 is 10.4. The first kappa shape index (κ1) is 17.3. The van der Waals surface area contributed by atoms with Gasteiger partial charge in [-0.3, -0.25) is 14.5 Å². The van der Waals surface area contributed by atoms with Crippen molar-refractivity contribution in [3.63, 3.8) is 0 Å². The Hall–Kier alpha value is -2.57. The van der Waals surface area contributed by atoms with Gasteiger partial charge in [0.1, 0.15) is 17.0 Å². The van der Waals surface area contributed by atoms with Crippen LogP contribution in [0, 0.1) is 0 Å². The minimum absolute atomic E-state index is 0.284. The lowest BCUT2D eigenvalue weighted by molar-refractivity contribution is -0.132. The SMILES string of the molecule is COc1ccc(OC)c(C(=O)CN2C(=O)NC3(CCCCC3)C2=O)c1. The van der Waals surface area contributed by atoms with E-state index in [0.717, 1.165) is 24.2 Å². The van der Waals surface area contributed by atoms with Crippen LogP contribution in [0.25, 0.3) is 0 Å². The molecule has 7 heteroatoms.